The van der Waals surface area contributed by atoms with E-state index in [9.17, 15) is 10.5 Å². The van der Waals surface area contributed by atoms with Crippen molar-refractivity contribution in [3.05, 3.63) is 42.0 Å². The highest BCUT2D eigenvalue weighted by Gasteiger charge is 2.40. The van der Waals surface area contributed by atoms with Gasteiger partial charge in [0.1, 0.15) is 5.75 Å². The zero-order chi connectivity index (χ0) is 13.7. The van der Waals surface area contributed by atoms with E-state index < -0.39 is 5.41 Å². The summed E-state index contributed by atoms with van der Waals surface area (Å²) in [5, 5.41) is 18.8. The Kier molecular flexibility index (Phi) is 3.88. The first-order valence-corrected chi connectivity index (χ1v) is 6.45. The van der Waals surface area contributed by atoms with Crippen LogP contribution in [0.5, 0.6) is 5.75 Å². The zero-order valence-corrected chi connectivity index (χ0v) is 11.0. The molecular weight excluding hydrogens is 236 g/mol. The number of hydrogen-bond acceptors (Lipinski definition) is 3. The van der Waals surface area contributed by atoms with Crippen LogP contribution in [0.25, 0.3) is 0 Å². The molecule has 1 atom stereocenters. The standard InChI is InChI=1S/C16H16N2O/c1-2-19-15-8-6-13(7-9-15)10-16(11-17,12-18)14-4-3-5-14/h3-4,6-9,14H,2,5,10H2,1H3. The maximum atomic E-state index is 9.38. The Labute approximate surface area is 113 Å². The molecule has 1 unspecified atom stereocenters. The van der Waals surface area contributed by atoms with Crippen molar-refractivity contribution in [1.82, 2.24) is 0 Å². The molecule has 1 aromatic rings. The number of hydrogen-bond donors (Lipinski definition) is 0. The second-order valence-electron chi connectivity index (χ2n) is 4.72. The highest BCUT2D eigenvalue weighted by Crippen LogP contribution is 2.39. The van der Waals surface area contributed by atoms with Gasteiger partial charge in [0.15, 0.2) is 5.41 Å². The molecule has 0 bridgehead atoms. The third-order valence-electron chi connectivity index (χ3n) is 3.51. The molecule has 0 aromatic heterocycles. The smallest absolute Gasteiger partial charge is 0.154 e. The lowest BCUT2D eigenvalue weighted by molar-refractivity contribution is 0.339. The van der Waals surface area contributed by atoms with Crippen LogP contribution in [-0.4, -0.2) is 6.61 Å². The van der Waals surface area contributed by atoms with Crippen LogP contribution in [0.3, 0.4) is 0 Å². The van der Waals surface area contributed by atoms with Crippen molar-refractivity contribution in [1.29, 1.82) is 10.5 Å². The van der Waals surface area contributed by atoms with Crippen LogP contribution in [0.15, 0.2) is 36.4 Å². The van der Waals surface area contributed by atoms with Crippen molar-refractivity contribution >= 4 is 0 Å². The lowest BCUT2D eigenvalue weighted by Crippen LogP contribution is -2.31. The van der Waals surface area contributed by atoms with Crippen LogP contribution in [-0.2, 0) is 6.42 Å². The number of ether oxygens (including phenoxy) is 1. The molecule has 0 fully saturated rings. The summed E-state index contributed by atoms with van der Waals surface area (Å²) >= 11 is 0. The van der Waals surface area contributed by atoms with E-state index in [4.69, 9.17) is 4.74 Å². The molecule has 0 saturated carbocycles. The fourth-order valence-electron chi connectivity index (χ4n) is 2.23. The van der Waals surface area contributed by atoms with Crippen LogP contribution in [0, 0.1) is 34.0 Å². The Morgan fingerprint density at radius 3 is 2.32 bits per heavy atom. The first kappa shape index (κ1) is 13.2. The summed E-state index contributed by atoms with van der Waals surface area (Å²) in [6.07, 6.45) is 5.24. The van der Waals surface area contributed by atoms with Gasteiger partial charge >= 0.3 is 0 Å². The Bertz CT molecular complexity index is 532. The Morgan fingerprint density at radius 1 is 1.26 bits per heavy atom. The van der Waals surface area contributed by atoms with Gasteiger partial charge in [-0.25, -0.2) is 0 Å². The highest BCUT2D eigenvalue weighted by atomic mass is 16.5. The van der Waals surface area contributed by atoms with Crippen LogP contribution in [0.1, 0.15) is 18.9 Å². The maximum absolute atomic E-state index is 9.38. The Hall–Kier alpha value is -2.26. The van der Waals surface area contributed by atoms with Crippen molar-refractivity contribution in [2.24, 2.45) is 11.3 Å². The average molecular weight is 252 g/mol. The molecule has 1 aliphatic rings. The van der Waals surface area contributed by atoms with Crippen molar-refractivity contribution in [2.75, 3.05) is 6.61 Å². The van der Waals surface area contributed by atoms with E-state index in [1.165, 1.54) is 0 Å². The Morgan fingerprint density at radius 2 is 1.89 bits per heavy atom. The van der Waals surface area contributed by atoms with Gasteiger partial charge in [0.2, 0.25) is 0 Å². The molecule has 3 heteroatoms. The molecule has 19 heavy (non-hydrogen) atoms. The molecule has 0 aliphatic heterocycles. The second-order valence-corrected chi connectivity index (χ2v) is 4.72. The van der Waals surface area contributed by atoms with E-state index in [0.717, 1.165) is 17.7 Å². The van der Waals surface area contributed by atoms with Crippen LogP contribution in [0.4, 0.5) is 0 Å². The maximum Gasteiger partial charge on any atom is 0.154 e. The minimum Gasteiger partial charge on any atom is -0.494 e. The fourth-order valence-corrected chi connectivity index (χ4v) is 2.23. The molecule has 1 aromatic carbocycles. The van der Waals surface area contributed by atoms with Crippen molar-refractivity contribution in [3.8, 4) is 17.9 Å². The molecular formula is C16H16N2O. The normalized spacial score (nSPS) is 17.1. The third-order valence-corrected chi connectivity index (χ3v) is 3.51. The molecule has 0 saturated heterocycles. The Balaban J connectivity index is 2.16. The van der Waals surface area contributed by atoms with Crippen LogP contribution in [0.2, 0.25) is 0 Å². The number of nitrogens with zero attached hydrogens (tertiary/aromatic N) is 2. The van der Waals surface area contributed by atoms with E-state index >= 15 is 0 Å². The average Bonchev–Trinajstić information content (AvgIpc) is 2.38. The van der Waals surface area contributed by atoms with Crippen molar-refractivity contribution in [3.63, 3.8) is 0 Å². The van der Waals surface area contributed by atoms with E-state index in [1.54, 1.807) is 0 Å². The molecule has 96 valence electrons. The summed E-state index contributed by atoms with van der Waals surface area (Å²) in [6, 6.07) is 12.0. The van der Waals surface area contributed by atoms with E-state index in [0.29, 0.717) is 13.0 Å². The van der Waals surface area contributed by atoms with Crippen LogP contribution < -0.4 is 4.74 Å². The SMILES string of the molecule is CCOc1ccc(CC(C#N)(C#N)C2C=CC2)cc1. The zero-order valence-electron chi connectivity index (χ0n) is 11.0. The summed E-state index contributed by atoms with van der Waals surface area (Å²) in [4.78, 5) is 0. The summed E-state index contributed by atoms with van der Waals surface area (Å²) in [6.45, 7) is 2.57. The van der Waals surface area contributed by atoms with Gasteiger partial charge in [0, 0.05) is 12.3 Å². The van der Waals surface area contributed by atoms with Crippen molar-refractivity contribution < 1.29 is 4.74 Å². The van der Waals surface area contributed by atoms with Gasteiger partial charge in [-0.3, -0.25) is 0 Å². The van der Waals surface area contributed by atoms with E-state index in [2.05, 4.69) is 12.1 Å². The number of allylic oxidation sites excluding steroid dienone is 2. The summed E-state index contributed by atoms with van der Waals surface area (Å²) in [5.41, 5.74) is 0.0499. The fraction of sp³-hybridized carbons (Fsp3) is 0.375. The first-order chi connectivity index (χ1) is 9.24. The van der Waals surface area contributed by atoms with Gasteiger partial charge in [-0.1, -0.05) is 24.3 Å². The quantitative estimate of drug-likeness (QED) is 0.756. The van der Waals surface area contributed by atoms with Gasteiger partial charge in [-0.05, 0) is 31.0 Å². The number of benzene rings is 1. The molecule has 0 N–H and O–H groups in total. The molecule has 0 radical (unpaired) electrons. The largest absolute Gasteiger partial charge is 0.494 e. The lowest BCUT2D eigenvalue weighted by atomic mass is 9.68. The van der Waals surface area contributed by atoms with Gasteiger partial charge < -0.3 is 4.74 Å². The predicted molar refractivity (Wildman–Crippen MR) is 72.2 cm³/mol. The third kappa shape index (κ3) is 2.61. The second kappa shape index (κ2) is 5.59. The van der Waals surface area contributed by atoms with E-state index in [-0.39, 0.29) is 5.92 Å². The molecule has 3 nitrogen and oxygen atoms in total. The lowest BCUT2D eigenvalue weighted by Gasteiger charge is -2.30. The predicted octanol–water partition coefficient (Wildman–Crippen LogP) is 3.24. The molecule has 1 aliphatic carbocycles. The summed E-state index contributed by atoms with van der Waals surface area (Å²) in [5.74, 6) is 0.864. The van der Waals surface area contributed by atoms with Gasteiger partial charge in [0.25, 0.3) is 0 Å². The van der Waals surface area contributed by atoms with Crippen LogP contribution >= 0.6 is 0 Å². The number of nitriles is 2. The molecule has 0 heterocycles. The van der Waals surface area contributed by atoms with Gasteiger partial charge in [-0.2, -0.15) is 10.5 Å². The molecule has 0 amide bonds. The van der Waals surface area contributed by atoms with Crippen molar-refractivity contribution in [2.45, 2.75) is 19.8 Å². The minimum atomic E-state index is -0.943. The molecule has 0 spiro atoms. The summed E-state index contributed by atoms with van der Waals surface area (Å²) < 4.78 is 5.38. The van der Waals surface area contributed by atoms with Gasteiger partial charge in [0.05, 0.1) is 18.7 Å². The number of rotatable bonds is 5. The monoisotopic (exact) mass is 252 g/mol. The molecule has 2 rings (SSSR count). The first-order valence-electron chi connectivity index (χ1n) is 6.45. The van der Waals surface area contributed by atoms with Gasteiger partial charge in [-0.15, -0.1) is 0 Å². The van der Waals surface area contributed by atoms with E-state index in [1.807, 2.05) is 43.3 Å². The topological polar surface area (TPSA) is 56.8 Å². The summed E-state index contributed by atoms with van der Waals surface area (Å²) in [7, 11) is 0. The highest BCUT2D eigenvalue weighted by molar-refractivity contribution is 5.33. The minimum absolute atomic E-state index is 0.0501.